The monoisotopic (exact) mass is 518 g/mol. The summed E-state index contributed by atoms with van der Waals surface area (Å²) in [4.78, 5) is 15.5. The molecule has 2 heterocycles. The zero-order chi connectivity index (χ0) is 26.6. The number of likely N-dealkylation sites (tertiary alicyclic amines) is 1. The molecule has 0 spiro atoms. The number of likely N-dealkylation sites (N-methyl/N-ethyl adjacent to an activating group) is 1. The summed E-state index contributed by atoms with van der Waals surface area (Å²) >= 11 is 0. The van der Waals surface area contributed by atoms with Crippen molar-refractivity contribution in [3.8, 4) is 11.1 Å². The Bertz CT molecular complexity index is 1250. The number of carbonyl (C=O) groups excluding carboxylic acids is 1. The van der Waals surface area contributed by atoms with Crippen LogP contribution in [0.5, 0.6) is 0 Å². The summed E-state index contributed by atoms with van der Waals surface area (Å²) in [6.07, 6.45) is 10.8. The third-order valence-electron chi connectivity index (χ3n) is 8.99. The lowest BCUT2D eigenvalue weighted by Crippen LogP contribution is -2.53. The van der Waals surface area contributed by atoms with Crippen molar-refractivity contribution >= 4 is 16.8 Å². The predicted octanol–water partition coefficient (Wildman–Crippen LogP) is 5.89. The molecule has 3 atom stereocenters. The second-order valence-electron chi connectivity index (χ2n) is 11.5. The molecular formula is C32H43FN4O. The Morgan fingerprint density at radius 2 is 1.84 bits per heavy atom. The molecule has 1 aliphatic carbocycles. The fourth-order valence-corrected chi connectivity index (χ4v) is 6.62. The molecule has 2 aliphatic rings. The van der Waals surface area contributed by atoms with E-state index in [9.17, 15) is 9.18 Å². The van der Waals surface area contributed by atoms with Crippen LogP contribution < -0.4 is 10.6 Å². The molecule has 2 aromatic carbocycles. The number of amides is 1. The fourth-order valence-electron chi connectivity index (χ4n) is 6.62. The van der Waals surface area contributed by atoms with Crippen LogP contribution in [0.1, 0.15) is 57.4 Å². The smallest absolute Gasteiger partial charge is 0.237 e. The van der Waals surface area contributed by atoms with Crippen LogP contribution in [0.15, 0.2) is 48.7 Å². The zero-order valence-corrected chi connectivity index (χ0v) is 23.2. The van der Waals surface area contributed by atoms with E-state index in [1.165, 1.54) is 44.1 Å². The van der Waals surface area contributed by atoms with Crippen LogP contribution in [0.2, 0.25) is 0 Å². The van der Waals surface area contributed by atoms with E-state index in [1.54, 1.807) is 12.1 Å². The van der Waals surface area contributed by atoms with Gasteiger partial charge in [-0.1, -0.05) is 43.5 Å². The van der Waals surface area contributed by atoms with Gasteiger partial charge in [-0.15, -0.1) is 0 Å². The first kappa shape index (κ1) is 26.9. The summed E-state index contributed by atoms with van der Waals surface area (Å²) in [5.74, 6) is 0.440. The Hall–Kier alpha value is -2.70. The van der Waals surface area contributed by atoms with E-state index in [1.807, 2.05) is 26.1 Å². The normalized spacial score (nSPS) is 20.6. The van der Waals surface area contributed by atoms with E-state index in [0.29, 0.717) is 12.0 Å². The molecule has 2 fully saturated rings. The van der Waals surface area contributed by atoms with Crippen molar-refractivity contribution in [1.82, 2.24) is 20.1 Å². The molecule has 1 aromatic heterocycles. The van der Waals surface area contributed by atoms with E-state index in [4.69, 9.17) is 0 Å². The topological polar surface area (TPSA) is 49.3 Å². The van der Waals surface area contributed by atoms with Gasteiger partial charge in [-0.05, 0) is 88.4 Å². The van der Waals surface area contributed by atoms with Gasteiger partial charge in [0.2, 0.25) is 5.91 Å². The quantitative estimate of drug-likeness (QED) is 0.371. The largest absolute Gasteiger partial charge is 0.350 e. The lowest BCUT2D eigenvalue weighted by molar-refractivity contribution is -0.124. The molecule has 1 amide bonds. The van der Waals surface area contributed by atoms with Crippen molar-refractivity contribution in [3.05, 3.63) is 60.0 Å². The zero-order valence-electron chi connectivity index (χ0n) is 23.2. The van der Waals surface area contributed by atoms with Crippen LogP contribution in [0.4, 0.5) is 4.39 Å². The first-order valence-electron chi connectivity index (χ1n) is 14.5. The Balaban J connectivity index is 1.39. The Kier molecular flexibility index (Phi) is 8.49. The number of fused-ring (bicyclic) bond motifs is 1. The SMILES string of the molecule is CN[C@@H](C)C(=O)N[C@H](CN1CCC[C@H]1Cn1cc(-c2ccccc2C)c2cc(F)ccc21)C1CCCCC1. The average molecular weight is 519 g/mol. The molecule has 3 aromatic rings. The van der Waals surface area contributed by atoms with Crippen molar-refractivity contribution < 1.29 is 9.18 Å². The van der Waals surface area contributed by atoms with Gasteiger partial charge >= 0.3 is 0 Å². The van der Waals surface area contributed by atoms with Gasteiger partial charge < -0.3 is 15.2 Å². The highest BCUT2D eigenvalue weighted by molar-refractivity contribution is 5.96. The first-order valence-corrected chi connectivity index (χ1v) is 14.5. The molecule has 6 heteroatoms. The third kappa shape index (κ3) is 5.81. The predicted molar refractivity (Wildman–Crippen MR) is 154 cm³/mol. The van der Waals surface area contributed by atoms with E-state index >= 15 is 0 Å². The number of hydrogen-bond donors (Lipinski definition) is 2. The van der Waals surface area contributed by atoms with Crippen molar-refractivity contribution in [3.63, 3.8) is 0 Å². The van der Waals surface area contributed by atoms with Crippen LogP contribution in [0.25, 0.3) is 22.0 Å². The first-order chi connectivity index (χ1) is 18.4. The van der Waals surface area contributed by atoms with Gasteiger partial charge in [-0.2, -0.15) is 0 Å². The van der Waals surface area contributed by atoms with Crippen molar-refractivity contribution in [2.75, 3.05) is 20.1 Å². The highest BCUT2D eigenvalue weighted by atomic mass is 19.1. The van der Waals surface area contributed by atoms with Crippen LogP contribution in [-0.4, -0.2) is 53.6 Å². The number of benzene rings is 2. The number of nitrogens with one attached hydrogen (secondary N) is 2. The highest BCUT2D eigenvalue weighted by Gasteiger charge is 2.33. The molecule has 5 nitrogen and oxygen atoms in total. The average Bonchev–Trinajstić information content (AvgIpc) is 3.52. The molecule has 0 bridgehead atoms. The third-order valence-corrected chi connectivity index (χ3v) is 8.99. The standard InChI is InChI=1S/C32H43FN4O/c1-22-10-7-8-14-27(22)29-20-37(31-16-15-25(33)18-28(29)31)19-26-13-9-17-36(26)21-30(24-11-5-4-6-12-24)35-32(38)23(2)34-3/h7-8,10,14-16,18,20,23-24,26,30,34H,4-6,9,11-13,17,19,21H2,1-3H3,(H,35,38)/t23-,26-,30+/m0/s1. The van der Waals surface area contributed by atoms with Crippen LogP contribution in [-0.2, 0) is 11.3 Å². The van der Waals surface area contributed by atoms with E-state index in [0.717, 1.165) is 48.1 Å². The fraction of sp³-hybridized carbons (Fsp3) is 0.531. The molecule has 204 valence electrons. The minimum absolute atomic E-state index is 0.0973. The number of nitrogens with zero attached hydrogens (tertiary/aromatic N) is 2. The summed E-state index contributed by atoms with van der Waals surface area (Å²) in [6, 6.07) is 13.9. The molecule has 1 aliphatic heterocycles. The number of rotatable bonds is 9. The minimum atomic E-state index is -0.200. The summed E-state index contributed by atoms with van der Waals surface area (Å²) in [7, 11) is 1.84. The van der Waals surface area contributed by atoms with Crippen molar-refractivity contribution in [2.24, 2.45) is 5.92 Å². The maximum absolute atomic E-state index is 14.4. The van der Waals surface area contributed by atoms with E-state index in [-0.39, 0.29) is 23.8 Å². The van der Waals surface area contributed by atoms with Gasteiger partial charge in [0.05, 0.1) is 6.04 Å². The molecule has 38 heavy (non-hydrogen) atoms. The number of carbonyl (C=O) groups is 1. The lowest BCUT2D eigenvalue weighted by Gasteiger charge is -2.36. The molecule has 0 radical (unpaired) electrons. The molecule has 1 saturated heterocycles. The van der Waals surface area contributed by atoms with Gasteiger partial charge in [-0.3, -0.25) is 9.69 Å². The van der Waals surface area contributed by atoms with Gasteiger partial charge in [0, 0.05) is 47.8 Å². The Morgan fingerprint density at radius 3 is 2.61 bits per heavy atom. The van der Waals surface area contributed by atoms with Gasteiger partial charge in [0.15, 0.2) is 0 Å². The van der Waals surface area contributed by atoms with E-state index < -0.39 is 0 Å². The number of hydrogen-bond acceptors (Lipinski definition) is 3. The molecule has 0 unspecified atom stereocenters. The Morgan fingerprint density at radius 1 is 1.05 bits per heavy atom. The van der Waals surface area contributed by atoms with Crippen molar-refractivity contribution in [2.45, 2.75) is 83.5 Å². The number of aromatic nitrogens is 1. The summed E-state index contributed by atoms with van der Waals surface area (Å²) in [5, 5.41) is 7.49. The molecule has 2 N–H and O–H groups in total. The molecule has 1 saturated carbocycles. The second kappa shape index (κ2) is 12.0. The molecule has 5 rings (SSSR count). The van der Waals surface area contributed by atoms with Crippen LogP contribution in [0.3, 0.4) is 0 Å². The number of aryl methyl sites for hydroxylation is 1. The van der Waals surface area contributed by atoms with Crippen molar-refractivity contribution in [1.29, 1.82) is 0 Å². The van der Waals surface area contributed by atoms with Gasteiger partial charge in [-0.25, -0.2) is 4.39 Å². The highest BCUT2D eigenvalue weighted by Crippen LogP contribution is 2.35. The van der Waals surface area contributed by atoms with Crippen LogP contribution >= 0.6 is 0 Å². The van der Waals surface area contributed by atoms with Gasteiger partial charge in [0.1, 0.15) is 5.82 Å². The summed E-state index contributed by atoms with van der Waals surface area (Å²) in [6.45, 7) is 6.87. The number of halogens is 1. The lowest BCUT2D eigenvalue weighted by atomic mass is 9.83. The van der Waals surface area contributed by atoms with Crippen LogP contribution in [0, 0.1) is 18.7 Å². The summed E-state index contributed by atoms with van der Waals surface area (Å²) in [5.41, 5.74) is 4.52. The Labute approximate surface area is 226 Å². The second-order valence-corrected chi connectivity index (χ2v) is 11.5. The van der Waals surface area contributed by atoms with Gasteiger partial charge in [0.25, 0.3) is 0 Å². The molecular weight excluding hydrogens is 475 g/mol. The maximum Gasteiger partial charge on any atom is 0.237 e. The van der Waals surface area contributed by atoms with E-state index in [2.05, 4.69) is 51.4 Å². The minimum Gasteiger partial charge on any atom is -0.350 e. The summed E-state index contributed by atoms with van der Waals surface area (Å²) < 4.78 is 16.7. The maximum atomic E-state index is 14.4.